The first kappa shape index (κ1) is 8.62. The molecule has 1 aromatic heterocycles. The van der Waals surface area contributed by atoms with Crippen molar-refractivity contribution in [3.8, 4) is 17.0 Å². The van der Waals surface area contributed by atoms with Crippen LogP contribution in [-0.2, 0) is 7.05 Å². The van der Waals surface area contributed by atoms with Gasteiger partial charge in [0, 0.05) is 12.6 Å². The lowest BCUT2D eigenvalue weighted by Crippen LogP contribution is -1.90. The molecule has 0 aliphatic heterocycles. The predicted octanol–water partition coefficient (Wildman–Crippen LogP) is 1.35. The highest BCUT2D eigenvalue weighted by molar-refractivity contribution is 5.66. The molecule has 0 bridgehead atoms. The maximum atomic E-state index is 10.9. The van der Waals surface area contributed by atoms with E-state index in [1.54, 1.807) is 31.3 Å². The van der Waals surface area contributed by atoms with Crippen molar-refractivity contribution < 1.29 is 9.63 Å². The largest absolute Gasteiger partial charge is 0.507 e. The molecule has 0 saturated heterocycles. The quantitative estimate of drug-likeness (QED) is 0.740. The molecule has 0 atom stereocenters. The summed E-state index contributed by atoms with van der Waals surface area (Å²) < 4.78 is 6.10. The number of aromatic nitrogens is 1. The SMILES string of the molecule is Cn1oc(=O)cc1-c1ccccc1O. The lowest BCUT2D eigenvalue weighted by molar-refractivity contribution is 0.288. The zero-order valence-corrected chi connectivity index (χ0v) is 7.60. The molecule has 4 nitrogen and oxygen atoms in total. The van der Waals surface area contributed by atoms with Crippen LogP contribution in [0.15, 0.2) is 39.6 Å². The topological polar surface area (TPSA) is 55.4 Å². The molecule has 2 aromatic rings. The Hall–Kier alpha value is -1.97. The average molecular weight is 191 g/mol. The molecule has 0 aliphatic carbocycles. The zero-order valence-electron chi connectivity index (χ0n) is 7.60. The van der Waals surface area contributed by atoms with Gasteiger partial charge in [0.2, 0.25) is 0 Å². The molecule has 72 valence electrons. The van der Waals surface area contributed by atoms with Crippen LogP contribution in [0.4, 0.5) is 0 Å². The molecule has 1 N–H and O–H groups in total. The van der Waals surface area contributed by atoms with Gasteiger partial charge in [-0.05, 0) is 12.1 Å². The number of aromatic hydroxyl groups is 1. The van der Waals surface area contributed by atoms with E-state index in [2.05, 4.69) is 0 Å². The summed E-state index contributed by atoms with van der Waals surface area (Å²) in [5, 5.41) is 9.54. The summed E-state index contributed by atoms with van der Waals surface area (Å²) >= 11 is 0. The van der Waals surface area contributed by atoms with Crippen LogP contribution in [0.5, 0.6) is 5.75 Å². The first-order valence-corrected chi connectivity index (χ1v) is 4.14. The Balaban J connectivity index is 2.66. The number of benzene rings is 1. The van der Waals surface area contributed by atoms with Gasteiger partial charge < -0.3 is 9.63 Å². The summed E-state index contributed by atoms with van der Waals surface area (Å²) in [6.45, 7) is 0. The molecule has 14 heavy (non-hydrogen) atoms. The highest BCUT2D eigenvalue weighted by atomic mass is 16.5. The Morgan fingerprint density at radius 2 is 2.07 bits per heavy atom. The van der Waals surface area contributed by atoms with Crippen molar-refractivity contribution in [1.82, 2.24) is 4.74 Å². The second-order valence-corrected chi connectivity index (χ2v) is 2.95. The van der Waals surface area contributed by atoms with Crippen LogP contribution >= 0.6 is 0 Å². The predicted molar refractivity (Wildman–Crippen MR) is 51.0 cm³/mol. The van der Waals surface area contributed by atoms with Crippen molar-refractivity contribution in [2.75, 3.05) is 0 Å². The van der Waals surface area contributed by atoms with Crippen LogP contribution in [-0.4, -0.2) is 9.85 Å². The molecule has 1 aromatic carbocycles. The molecule has 4 heteroatoms. The number of hydrogen-bond acceptors (Lipinski definition) is 3. The normalized spacial score (nSPS) is 10.4. The Bertz CT molecular complexity index is 510. The summed E-state index contributed by atoms with van der Waals surface area (Å²) in [7, 11) is 1.61. The van der Waals surface area contributed by atoms with Gasteiger partial charge in [0.25, 0.3) is 0 Å². The smallest absolute Gasteiger partial charge is 0.358 e. The molecule has 2 rings (SSSR count). The minimum atomic E-state index is -0.425. The molecule has 0 spiro atoms. The lowest BCUT2D eigenvalue weighted by Gasteiger charge is -2.02. The van der Waals surface area contributed by atoms with Gasteiger partial charge in [-0.3, -0.25) is 0 Å². The molecule has 0 unspecified atom stereocenters. The second kappa shape index (κ2) is 3.06. The van der Waals surface area contributed by atoms with Gasteiger partial charge in [0.05, 0.1) is 11.8 Å². The first-order valence-electron chi connectivity index (χ1n) is 4.14. The van der Waals surface area contributed by atoms with E-state index in [1.807, 2.05) is 0 Å². The minimum absolute atomic E-state index is 0.129. The van der Waals surface area contributed by atoms with Gasteiger partial charge in [-0.25, -0.2) is 9.53 Å². The molecule has 1 heterocycles. The third kappa shape index (κ3) is 1.31. The van der Waals surface area contributed by atoms with Crippen LogP contribution in [0.2, 0.25) is 0 Å². The fourth-order valence-electron chi connectivity index (χ4n) is 1.35. The van der Waals surface area contributed by atoms with E-state index in [4.69, 9.17) is 4.52 Å². The van der Waals surface area contributed by atoms with Gasteiger partial charge in [-0.15, -0.1) is 0 Å². The number of rotatable bonds is 1. The van der Waals surface area contributed by atoms with Crippen molar-refractivity contribution in [2.24, 2.45) is 7.05 Å². The van der Waals surface area contributed by atoms with Gasteiger partial charge in [-0.2, -0.15) is 0 Å². The van der Waals surface area contributed by atoms with E-state index in [0.717, 1.165) is 0 Å². The second-order valence-electron chi connectivity index (χ2n) is 2.95. The number of hydrogen-bond donors (Lipinski definition) is 1. The Morgan fingerprint density at radius 3 is 2.64 bits per heavy atom. The standard InChI is InChI=1S/C10H9NO3/c1-11-8(6-10(13)14-11)7-4-2-3-5-9(7)12/h2-6,12H,1H3. The number of nitrogens with zero attached hydrogens (tertiary/aromatic N) is 1. The maximum Gasteiger partial charge on any atom is 0.358 e. The molecule has 0 aliphatic rings. The molecular formula is C10H9NO3. The molecular weight excluding hydrogens is 182 g/mol. The van der Waals surface area contributed by atoms with Gasteiger partial charge in [0.1, 0.15) is 5.75 Å². The van der Waals surface area contributed by atoms with Gasteiger partial charge in [0.15, 0.2) is 0 Å². The average Bonchev–Trinajstić information content (AvgIpc) is 2.46. The summed E-state index contributed by atoms with van der Waals surface area (Å²) in [4.78, 5) is 10.9. The molecule has 0 amide bonds. The van der Waals surface area contributed by atoms with Crippen molar-refractivity contribution >= 4 is 0 Å². The summed E-state index contributed by atoms with van der Waals surface area (Å²) in [5.74, 6) is 0.129. The third-order valence-corrected chi connectivity index (χ3v) is 2.00. The molecule has 0 radical (unpaired) electrons. The first-order chi connectivity index (χ1) is 6.68. The van der Waals surface area contributed by atoms with E-state index in [1.165, 1.54) is 10.8 Å². The van der Waals surface area contributed by atoms with Gasteiger partial charge in [-0.1, -0.05) is 12.1 Å². The Morgan fingerprint density at radius 1 is 1.36 bits per heavy atom. The number of aryl methyl sites for hydroxylation is 1. The van der Waals surface area contributed by atoms with Crippen LogP contribution in [0.1, 0.15) is 0 Å². The Labute approximate surface area is 80.0 Å². The number of para-hydroxylation sites is 1. The summed E-state index contributed by atoms with van der Waals surface area (Å²) in [6, 6.07) is 8.13. The van der Waals surface area contributed by atoms with E-state index in [0.29, 0.717) is 11.3 Å². The Kier molecular flexibility index (Phi) is 1.89. The van der Waals surface area contributed by atoms with Crippen LogP contribution in [0.25, 0.3) is 11.3 Å². The fraction of sp³-hybridized carbons (Fsp3) is 0.100. The number of phenols is 1. The van der Waals surface area contributed by atoms with Crippen molar-refractivity contribution in [2.45, 2.75) is 0 Å². The van der Waals surface area contributed by atoms with E-state index < -0.39 is 5.63 Å². The summed E-state index contributed by atoms with van der Waals surface area (Å²) in [6.07, 6.45) is 0. The van der Waals surface area contributed by atoms with E-state index in [9.17, 15) is 9.90 Å². The number of phenolic OH excluding ortho intramolecular Hbond substituents is 1. The monoisotopic (exact) mass is 191 g/mol. The fourth-order valence-corrected chi connectivity index (χ4v) is 1.35. The lowest BCUT2D eigenvalue weighted by atomic mass is 10.1. The van der Waals surface area contributed by atoms with Crippen LogP contribution in [0.3, 0.4) is 0 Å². The molecule has 0 saturated carbocycles. The van der Waals surface area contributed by atoms with Gasteiger partial charge >= 0.3 is 5.63 Å². The molecule has 0 fully saturated rings. The highest BCUT2D eigenvalue weighted by Crippen LogP contribution is 2.27. The van der Waals surface area contributed by atoms with Crippen molar-refractivity contribution in [3.05, 3.63) is 40.8 Å². The van der Waals surface area contributed by atoms with Crippen molar-refractivity contribution in [3.63, 3.8) is 0 Å². The highest BCUT2D eigenvalue weighted by Gasteiger charge is 2.09. The van der Waals surface area contributed by atoms with E-state index in [-0.39, 0.29) is 5.75 Å². The third-order valence-electron chi connectivity index (χ3n) is 2.00. The minimum Gasteiger partial charge on any atom is -0.507 e. The van der Waals surface area contributed by atoms with Crippen LogP contribution in [0, 0.1) is 0 Å². The van der Waals surface area contributed by atoms with Crippen molar-refractivity contribution in [1.29, 1.82) is 0 Å². The van der Waals surface area contributed by atoms with E-state index >= 15 is 0 Å². The van der Waals surface area contributed by atoms with Crippen LogP contribution < -0.4 is 5.63 Å². The summed E-state index contributed by atoms with van der Waals surface area (Å²) in [5.41, 5.74) is 0.722. The maximum absolute atomic E-state index is 10.9. The zero-order chi connectivity index (χ0) is 10.1.